The molecule has 4 nitrogen and oxygen atoms in total. The van der Waals surface area contributed by atoms with Gasteiger partial charge in [-0.2, -0.15) is 0 Å². The standard InChI is InChI=1S/C15H25N3O/c1-2-17-6-3-4-12(11-17)8-15-16-10-13-9-14(19)5-7-18(13)15/h10,12,14,19H,2-9,11H2,1H3. The first-order valence-electron chi connectivity index (χ1n) is 7.70. The van der Waals surface area contributed by atoms with Crippen molar-refractivity contribution in [2.75, 3.05) is 19.6 Å². The highest BCUT2D eigenvalue weighted by atomic mass is 16.3. The van der Waals surface area contributed by atoms with Gasteiger partial charge in [0.05, 0.1) is 6.10 Å². The summed E-state index contributed by atoms with van der Waals surface area (Å²) in [6, 6.07) is 0. The molecule has 0 bridgehead atoms. The van der Waals surface area contributed by atoms with E-state index >= 15 is 0 Å². The topological polar surface area (TPSA) is 41.3 Å². The SMILES string of the molecule is CCN1CCCC(Cc2ncc3n2CCC(O)C3)C1. The minimum atomic E-state index is -0.165. The lowest BCUT2D eigenvalue weighted by atomic mass is 9.94. The van der Waals surface area contributed by atoms with Crippen LogP contribution in [-0.4, -0.2) is 45.3 Å². The fraction of sp³-hybridized carbons (Fsp3) is 0.800. The predicted molar refractivity (Wildman–Crippen MR) is 75.1 cm³/mol. The average Bonchev–Trinajstić information content (AvgIpc) is 2.81. The minimum absolute atomic E-state index is 0.165. The van der Waals surface area contributed by atoms with Gasteiger partial charge in [-0.05, 0) is 38.3 Å². The summed E-state index contributed by atoms with van der Waals surface area (Å²) in [5.41, 5.74) is 1.22. The molecular formula is C15H25N3O. The van der Waals surface area contributed by atoms with Crippen LogP contribution in [-0.2, 0) is 19.4 Å². The van der Waals surface area contributed by atoms with Crippen molar-refractivity contribution in [1.29, 1.82) is 0 Å². The highest BCUT2D eigenvalue weighted by Gasteiger charge is 2.24. The first kappa shape index (κ1) is 13.1. The number of aromatic nitrogens is 2. The molecule has 3 heterocycles. The summed E-state index contributed by atoms with van der Waals surface area (Å²) in [5, 5.41) is 9.71. The Morgan fingerprint density at radius 2 is 2.26 bits per heavy atom. The lowest BCUT2D eigenvalue weighted by Gasteiger charge is -2.32. The fourth-order valence-corrected chi connectivity index (χ4v) is 3.54. The molecule has 1 aromatic rings. The number of imidazole rings is 1. The normalized spacial score (nSPS) is 28.3. The van der Waals surface area contributed by atoms with Crippen LogP contribution in [0.15, 0.2) is 6.20 Å². The van der Waals surface area contributed by atoms with Gasteiger partial charge in [-0.25, -0.2) is 4.98 Å². The van der Waals surface area contributed by atoms with E-state index in [1.54, 1.807) is 0 Å². The molecule has 0 spiro atoms. The minimum Gasteiger partial charge on any atom is -0.393 e. The van der Waals surface area contributed by atoms with Crippen LogP contribution in [0.2, 0.25) is 0 Å². The molecule has 0 aromatic carbocycles. The maximum absolute atomic E-state index is 9.71. The Morgan fingerprint density at radius 1 is 1.37 bits per heavy atom. The quantitative estimate of drug-likeness (QED) is 0.898. The molecule has 1 aromatic heterocycles. The number of piperidine rings is 1. The van der Waals surface area contributed by atoms with Crippen molar-refractivity contribution < 1.29 is 5.11 Å². The number of aliphatic hydroxyl groups excluding tert-OH is 1. The molecule has 4 heteroatoms. The summed E-state index contributed by atoms with van der Waals surface area (Å²) in [6.07, 6.45) is 7.22. The van der Waals surface area contributed by atoms with Gasteiger partial charge in [-0.15, -0.1) is 0 Å². The van der Waals surface area contributed by atoms with E-state index in [1.165, 1.54) is 44.0 Å². The summed E-state index contributed by atoms with van der Waals surface area (Å²) in [6.45, 7) is 6.85. The maximum atomic E-state index is 9.71. The lowest BCUT2D eigenvalue weighted by Crippen LogP contribution is -2.36. The number of fused-ring (bicyclic) bond motifs is 1. The van der Waals surface area contributed by atoms with Crippen LogP contribution in [0.25, 0.3) is 0 Å². The number of rotatable bonds is 3. The van der Waals surface area contributed by atoms with Gasteiger partial charge in [-0.1, -0.05) is 6.92 Å². The molecular weight excluding hydrogens is 238 g/mol. The zero-order valence-corrected chi connectivity index (χ0v) is 11.9. The molecule has 0 radical (unpaired) electrons. The first-order chi connectivity index (χ1) is 9.26. The van der Waals surface area contributed by atoms with Crippen molar-refractivity contribution in [2.45, 2.75) is 51.7 Å². The molecule has 0 amide bonds. The van der Waals surface area contributed by atoms with E-state index in [4.69, 9.17) is 0 Å². The molecule has 1 fully saturated rings. The Hall–Kier alpha value is -0.870. The van der Waals surface area contributed by atoms with Crippen LogP contribution in [0.3, 0.4) is 0 Å². The molecule has 2 aliphatic rings. The summed E-state index contributed by atoms with van der Waals surface area (Å²) in [7, 11) is 0. The molecule has 19 heavy (non-hydrogen) atoms. The molecule has 1 N–H and O–H groups in total. The summed E-state index contributed by atoms with van der Waals surface area (Å²) in [5.74, 6) is 2.00. The van der Waals surface area contributed by atoms with E-state index in [-0.39, 0.29) is 6.10 Å². The Labute approximate surface area is 115 Å². The van der Waals surface area contributed by atoms with Crippen LogP contribution >= 0.6 is 0 Å². The smallest absolute Gasteiger partial charge is 0.109 e. The van der Waals surface area contributed by atoms with E-state index in [9.17, 15) is 5.11 Å². The van der Waals surface area contributed by atoms with Crippen molar-refractivity contribution in [1.82, 2.24) is 14.5 Å². The van der Waals surface area contributed by atoms with Gasteiger partial charge in [0.2, 0.25) is 0 Å². The van der Waals surface area contributed by atoms with E-state index in [2.05, 4.69) is 21.4 Å². The molecule has 2 aliphatic heterocycles. The van der Waals surface area contributed by atoms with Crippen molar-refractivity contribution in [3.05, 3.63) is 17.7 Å². The van der Waals surface area contributed by atoms with Gasteiger partial charge < -0.3 is 14.6 Å². The largest absolute Gasteiger partial charge is 0.393 e. The molecule has 2 atom stereocenters. The molecule has 3 rings (SSSR count). The van der Waals surface area contributed by atoms with Gasteiger partial charge in [0.15, 0.2) is 0 Å². The zero-order valence-electron chi connectivity index (χ0n) is 11.9. The number of hydrogen-bond acceptors (Lipinski definition) is 3. The highest BCUT2D eigenvalue weighted by molar-refractivity contribution is 5.10. The number of likely N-dealkylation sites (tertiary alicyclic amines) is 1. The lowest BCUT2D eigenvalue weighted by molar-refractivity contribution is 0.141. The van der Waals surface area contributed by atoms with E-state index in [1.807, 2.05) is 6.20 Å². The monoisotopic (exact) mass is 263 g/mol. The summed E-state index contributed by atoms with van der Waals surface area (Å²) >= 11 is 0. The summed E-state index contributed by atoms with van der Waals surface area (Å²) < 4.78 is 2.34. The van der Waals surface area contributed by atoms with Crippen molar-refractivity contribution in [3.8, 4) is 0 Å². The van der Waals surface area contributed by atoms with Gasteiger partial charge >= 0.3 is 0 Å². The van der Waals surface area contributed by atoms with E-state index in [0.29, 0.717) is 0 Å². The van der Waals surface area contributed by atoms with Crippen molar-refractivity contribution in [2.24, 2.45) is 5.92 Å². The molecule has 0 saturated carbocycles. The van der Waals surface area contributed by atoms with Crippen LogP contribution in [0.5, 0.6) is 0 Å². The van der Waals surface area contributed by atoms with Crippen LogP contribution in [0.4, 0.5) is 0 Å². The third-order valence-electron chi connectivity index (χ3n) is 4.67. The highest BCUT2D eigenvalue weighted by Crippen LogP contribution is 2.23. The van der Waals surface area contributed by atoms with Crippen LogP contribution in [0.1, 0.15) is 37.7 Å². The third kappa shape index (κ3) is 2.84. The van der Waals surface area contributed by atoms with E-state index < -0.39 is 0 Å². The third-order valence-corrected chi connectivity index (χ3v) is 4.67. The fourth-order valence-electron chi connectivity index (χ4n) is 3.54. The van der Waals surface area contributed by atoms with Gasteiger partial charge in [0.25, 0.3) is 0 Å². The average molecular weight is 263 g/mol. The maximum Gasteiger partial charge on any atom is 0.109 e. The summed E-state index contributed by atoms with van der Waals surface area (Å²) in [4.78, 5) is 7.16. The second kappa shape index (κ2) is 5.63. The second-order valence-corrected chi connectivity index (χ2v) is 6.07. The zero-order chi connectivity index (χ0) is 13.2. The Bertz CT molecular complexity index is 429. The number of hydrogen-bond donors (Lipinski definition) is 1. The Kier molecular flexibility index (Phi) is 3.89. The van der Waals surface area contributed by atoms with Crippen LogP contribution < -0.4 is 0 Å². The number of nitrogens with zero attached hydrogens (tertiary/aromatic N) is 3. The number of aliphatic hydroxyl groups is 1. The van der Waals surface area contributed by atoms with Crippen molar-refractivity contribution >= 4 is 0 Å². The van der Waals surface area contributed by atoms with Crippen molar-refractivity contribution in [3.63, 3.8) is 0 Å². The van der Waals surface area contributed by atoms with Gasteiger partial charge in [0.1, 0.15) is 5.82 Å². The molecule has 2 unspecified atom stereocenters. The van der Waals surface area contributed by atoms with Gasteiger partial charge in [0, 0.05) is 37.8 Å². The Morgan fingerprint density at radius 3 is 3.11 bits per heavy atom. The van der Waals surface area contributed by atoms with E-state index in [0.717, 1.165) is 31.7 Å². The molecule has 106 valence electrons. The second-order valence-electron chi connectivity index (χ2n) is 6.07. The molecule has 0 aliphatic carbocycles. The van der Waals surface area contributed by atoms with Crippen LogP contribution in [0, 0.1) is 5.92 Å². The first-order valence-corrected chi connectivity index (χ1v) is 7.70. The predicted octanol–water partition coefficient (Wildman–Crippen LogP) is 1.46. The van der Waals surface area contributed by atoms with Gasteiger partial charge in [-0.3, -0.25) is 0 Å². The molecule has 1 saturated heterocycles. The Balaban J connectivity index is 1.67.